The van der Waals surface area contributed by atoms with Gasteiger partial charge in [-0.2, -0.15) is 0 Å². The highest BCUT2D eigenvalue weighted by atomic mass is 16.5. The number of hydrogen-bond acceptors (Lipinski definition) is 5. The fraction of sp³-hybridized carbons (Fsp3) is 0.100. The van der Waals surface area contributed by atoms with Crippen LogP contribution in [0, 0.1) is 6.92 Å². The van der Waals surface area contributed by atoms with Crippen molar-refractivity contribution in [2.75, 3.05) is 12.0 Å². The average Bonchev–Trinajstić information content (AvgIpc) is 2.65. The van der Waals surface area contributed by atoms with Crippen molar-refractivity contribution in [2.45, 2.75) is 6.92 Å². The lowest BCUT2D eigenvalue weighted by atomic mass is 10.1. The molecule has 3 rings (SSSR count). The number of anilines is 1. The molecular weight excluding hydrogens is 348 g/mol. The number of ether oxygens (including phenoxy) is 1. The lowest BCUT2D eigenvalue weighted by molar-refractivity contribution is -0.122. The first-order valence-electron chi connectivity index (χ1n) is 8.07. The molecule has 136 valence electrons. The van der Waals surface area contributed by atoms with Crippen LogP contribution in [0.15, 0.2) is 54.1 Å². The van der Waals surface area contributed by atoms with Crippen LogP contribution in [0.5, 0.6) is 0 Å². The second kappa shape index (κ2) is 7.25. The van der Waals surface area contributed by atoms with Crippen LogP contribution in [-0.2, 0) is 14.3 Å². The van der Waals surface area contributed by atoms with E-state index in [1.165, 1.54) is 25.3 Å². The SMILES string of the molecule is COC(=O)c1ccc(/C=C2\C(=O)NC(=O)N(c3cccc(C)c3)C2=O)cc1. The molecule has 1 saturated heterocycles. The van der Waals surface area contributed by atoms with E-state index >= 15 is 0 Å². The van der Waals surface area contributed by atoms with Crippen LogP contribution in [-0.4, -0.2) is 30.9 Å². The minimum Gasteiger partial charge on any atom is -0.465 e. The van der Waals surface area contributed by atoms with E-state index in [1.54, 1.807) is 30.3 Å². The fourth-order valence-corrected chi connectivity index (χ4v) is 2.66. The zero-order chi connectivity index (χ0) is 19.6. The van der Waals surface area contributed by atoms with E-state index in [0.29, 0.717) is 16.8 Å². The first-order chi connectivity index (χ1) is 12.9. The highest BCUT2D eigenvalue weighted by molar-refractivity contribution is 6.39. The molecule has 0 spiro atoms. The number of hydrogen-bond donors (Lipinski definition) is 1. The summed E-state index contributed by atoms with van der Waals surface area (Å²) in [5, 5.41) is 2.17. The van der Waals surface area contributed by atoms with Gasteiger partial charge in [0.05, 0.1) is 18.4 Å². The van der Waals surface area contributed by atoms with Crippen molar-refractivity contribution < 1.29 is 23.9 Å². The Bertz CT molecular complexity index is 976. The quantitative estimate of drug-likeness (QED) is 0.513. The maximum Gasteiger partial charge on any atom is 0.337 e. The number of carbonyl (C=O) groups is 4. The Labute approximate surface area is 155 Å². The molecule has 1 aliphatic heterocycles. The van der Waals surface area contributed by atoms with E-state index in [1.807, 2.05) is 13.0 Å². The van der Waals surface area contributed by atoms with Crippen molar-refractivity contribution in [3.8, 4) is 0 Å². The number of aryl methyl sites for hydroxylation is 1. The topological polar surface area (TPSA) is 92.8 Å². The van der Waals surface area contributed by atoms with Gasteiger partial charge < -0.3 is 4.74 Å². The number of benzene rings is 2. The van der Waals surface area contributed by atoms with Crippen molar-refractivity contribution >= 4 is 35.6 Å². The predicted octanol–water partition coefficient (Wildman–Crippen LogP) is 2.45. The largest absolute Gasteiger partial charge is 0.465 e. The third-order valence-electron chi connectivity index (χ3n) is 4.00. The van der Waals surface area contributed by atoms with Gasteiger partial charge in [-0.15, -0.1) is 0 Å². The van der Waals surface area contributed by atoms with Gasteiger partial charge >= 0.3 is 12.0 Å². The standard InChI is InChI=1S/C20H16N2O5/c1-12-4-3-5-15(10-12)22-18(24)16(17(23)21-20(22)26)11-13-6-8-14(9-7-13)19(25)27-2/h3-11H,1-2H3,(H,21,23,26)/b16-11+. The molecule has 0 unspecified atom stereocenters. The van der Waals surface area contributed by atoms with Crippen molar-refractivity contribution in [1.82, 2.24) is 5.32 Å². The van der Waals surface area contributed by atoms with E-state index in [2.05, 4.69) is 10.1 Å². The maximum absolute atomic E-state index is 12.8. The first-order valence-corrected chi connectivity index (χ1v) is 8.07. The second-order valence-electron chi connectivity index (χ2n) is 5.91. The number of barbiturate groups is 1. The Hall–Kier alpha value is -3.74. The van der Waals surface area contributed by atoms with Crippen LogP contribution in [0.1, 0.15) is 21.5 Å². The highest BCUT2D eigenvalue weighted by Crippen LogP contribution is 2.22. The van der Waals surface area contributed by atoms with Crippen LogP contribution >= 0.6 is 0 Å². The van der Waals surface area contributed by atoms with Gasteiger partial charge in [0.2, 0.25) is 0 Å². The van der Waals surface area contributed by atoms with E-state index in [-0.39, 0.29) is 5.57 Å². The molecular formula is C20H16N2O5. The van der Waals surface area contributed by atoms with E-state index in [4.69, 9.17) is 0 Å². The Morgan fingerprint density at radius 1 is 1.07 bits per heavy atom. The molecule has 0 bridgehead atoms. The summed E-state index contributed by atoms with van der Waals surface area (Å²) in [5.74, 6) is -1.98. The van der Waals surface area contributed by atoms with Crippen molar-refractivity contribution in [3.05, 3.63) is 70.8 Å². The summed E-state index contributed by atoms with van der Waals surface area (Å²) in [4.78, 5) is 49.5. The Morgan fingerprint density at radius 3 is 2.41 bits per heavy atom. The fourth-order valence-electron chi connectivity index (χ4n) is 2.66. The molecule has 0 aromatic heterocycles. The third-order valence-corrected chi connectivity index (χ3v) is 4.00. The van der Waals surface area contributed by atoms with Gasteiger partial charge in [0.25, 0.3) is 11.8 Å². The molecule has 7 heteroatoms. The Kier molecular flexibility index (Phi) is 4.85. The number of rotatable bonds is 3. The van der Waals surface area contributed by atoms with E-state index < -0.39 is 23.8 Å². The van der Waals surface area contributed by atoms with Crippen LogP contribution in [0.2, 0.25) is 0 Å². The minimum absolute atomic E-state index is 0.179. The molecule has 4 amide bonds. The van der Waals surface area contributed by atoms with E-state index in [0.717, 1.165) is 10.5 Å². The summed E-state index contributed by atoms with van der Waals surface area (Å²) in [5.41, 5.74) is 1.93. The molecule has 0 radical (unpaired) electrons. The number of methoxy groups -OCH3 is 1. The number of nitrogens with one attached hydrogen (secondary N) is 1. The van der Waals surface area contributed by atoms with Crippen LogP contribution in [0.25, 0.3) is 6.08 Å². The molecule has 27 heavy (non-hydrogen) atoms. The summed E-state index contributed by atoms with van der Waals surface area (Å²) in [6.07, 6.45) is 1.37. The zero-order valence-electron chi connectivity index (χ0n) is 14.7. The smallest absolute Gasteiger partial charge is 0.337 e. The second-order valence-corrected chi connectivity index (χ2v) is 5.91. The highest BCUT2D eigenvalue weighted by Gasteiger charge is 2.36. The van der Waals surface area contributed by atoms with Crippen molar-refractivity contribution in [2.24, 2.45) is 0 Å². The molecule has 1 aliphatic rings. The lowest BCUT2D eigenvalue weighted by Gasteiger charge is -2.26. The minimum atomic E-state index is -0.797. The zero-order valence-corrected chi connectivity index (χ0v) is 14.7. The molecule has 7 nitrogen and oxygen atoms in total. The number of imide groups is 2. The van der Waals surface area contributed by atoms with Gasteiger partial charge in [-0.1, -0.05) is 24.3 Å². The molecule has 1 N–H and O–H groups in total. The summed E-state index contributed by atoms with van der Waals surface area (Å²) in [7, 11) is 1.28. The normalized spacial score (nSPS) is 15.7. The molecule has 0 aliphatic carbocycles. The van der Waals surface area contributed by atoms with Crippen molar-refractivity contribution in [3.63, 3.8) is 0 Å². The number of esters is 1. The molecule has 1 fully saturated rings. The number of urea groups is 1. The van der Waals surface area contributed by atoms with E-state index in [9.17, 15) is 19.2 Å². The van der Waals surface area contributed by atoms with Crippen LogP contribution in [0.3, 0.4) is 0 Å². The van der Waals surface area contributed by atoms with Crippen molar-refractivity contribution in [1.29, 1.82) is 0 Å². The summed E-state index contributed by atoms with van der Waals surface area (Å²) in [6.45, 7) is 1.83. The number of nitrogens with zero attached hydrogens (tertiary/aromatic N) is 1. The maximum atomic E-state index is 12.8. The van der Waals surface area contributed by atoms with Gasteiger partial charge in [0, 0.05) is 0 Å². The summed E-state index contributed by atoms with van der Waals surface area (Å²) < 4.78 is 4.63. The molecule has 2 aromatic carbocycles. The van der Waals surface area contributed by atoms with Crippen LogP contribution < -0.4 is 10.2 Å². The van der Waals surface area contributed by atoms with Gasteiger partial charge in [-0.3, -0.25) is 14.9 Å². The predicted molar refractivity (Wildman–Crippen MR) is 98.0 cm³/mol. The number of amides is 4. The molecule has 0 saturated carbocycles. The third kappa shape index (κ3) is 3.62. The monoisotopic (exact) mass is 364 g/mol. The van der Waals surface area contributed by atoms with Gasteiger partial charge in [-0.25, -0.2) is 14.5 Å². The summed E-state index contributed by atoms with van der Waals surface area (Å²) >= 11 is 0. The van der Waals surface area contributed by atoms with Gasteiger partial charge in [0.15, 0.2) is 0 Å². The molecule has 2 aromatic rings. The lowest BCUT2D eigenvalue weighted by Crippen LogP contribution is -2.54. The van der Waals surface area contributed by atoms with Gasteiger partial charge in [0.1, 0.15) is 5.57 Å². The molecule has 1 heterocycles. The van der Waals surface area contributed by atoms with Gasteiger partial charge in [-0.05, 0) is 48.4 Å². The number of carbonyl (C=O) groups excluding carboxylic acids is 4. The molecule has 0 atom stereocenters. The Balaban J connectivity index is 1.95. The summed E-state index contributed by atoms with van der Waals surface area (Å²) in [6, 6.07) is 12.2. The first kappa shape index (κ1) is 18.1. The van der Waals surface area contributed by atoms with Crippen LogP contribution in [0.4, 0.5) is 10.5 Å². The Morgan fingerprint density at radius 2 is 1.78 bits per heavy atom. The average molecular weight is 364 g/mol.